The van der Waals surface area contributed by atoms with Crippen LogP contribution < -0.4 is 26.2 Å². The minimum absolute atomic E-state index is 0.304. The van der Waals surface area contributed by atoms with Crippen molar-refractivity contribution in [2.75, 3.05) is 48.5 Å². The van der Waals surface area contributed by atoms with Gasteiger partial charge in [-0.2, -0.15) is 13.2 Å². The van der Waals surface area contributed by atoms with Crippen LogP contribution in [0.4, 0.5) is 30.2 Å². The van der Waals surface area contributed by atoms with Gasteiger partial charge in [0.05, 0.1) is 46.4 Å². The van der Waals surface area contributed by atoms with E-state index in [9.17, 15) is 18.0 Å². The number of amides is 1. The zero-order chi connectivity index (χ0) is 27.6. The molecule has 0 aromatic carbocycles. The molecule has 5 heterocycles. The summed E-state index contributed by atoms with van der Waals surface area (Å²) >= 11 is 0. The first kappa shape index (κ1) is 26.4. The lowest BCUT2D eigenvalue weighted by molar-refractivity contribution is -0.137. The molecular formula is C26H28F3N9O. The van der Waals surface area contributed by atoms with E-state index in [0.29, 0.717) is 23.1 Å². The number of hydrogen-bond donors (Lipinski definition) is 3. The number of aromatic nitrogens is 3. The predicted molar refractivity (Wildman–Crippen MR) is 141 cm³/mol. The number of alkyl halides is 3. The Morgan fingerprint density at radius 3 is 2.72 bits per heavy atom. The molecule has 0 spiro atoms. The van der Waals surface area contributed by atoms with Gasteiger partial charge in [-0.3, -0.25) is 24.8 Å². The van der Waals surface area contributed by atoms with E-state index >= 15 is 0 Å². The zero-order valence-electron chi connectivity index (χ0n) is 21.5. The molecule has 2 aliphatic heterocycles. The fourth-order valence-electron chi connectivity index (χ4n) is 4.40. The van der Waals surface area contributed by atoms with E-state index in [-0.39, 0.29) is 5.69 Å². The highest BCUT2D eigenvalue weighted by Gasteiger charge is 2.31. The Morgan fingerprint density at radius 1 is 1.05 bits per heavy atom. The van der Waals surface area contributed by atoms with Gasteiger partial charge in [0.2, 0.25) is 0 Å². The molecule has 10 nitrogen and oxygen atoms in total. The number of anilines is 3. The van der Waals surface area contributed by atoms with Gasteiger partial charge in [-0.05, 0) is 51.2 Å². The molecule has 0 aliphatic carbocycles. The number of hydrogen-bond acceptors (Lipinski definition) is 9. The van der Waals surface area contributed by atoms with Gasteiger partial charge in [-0.15, -0.1) is 5.53 Å². The molecule has 0 bridgehead atoms. The monoisotopic (exact) mass is 539 g/mol. The molecule has 39 heavy (non-hydrogen) atoms. The van der Waals surface area contributed by atoms with Gasteiger partial charge in [0.25, 0.3) is 5.91 Å². The minimum atomic E-state index is -4.58. The van der Waals surface area contributed by atoms with Crippen LogP contribution in [0, 0.1) is 6.92 Å². The minimum Gasteiger partial charge on any atom is -0.369 e. The SMILES string of the molecule is Cc1ncc(NC(=O)c2cc(C(F)(F)F)ccn2)cc1N1C=C(c2cncc(N3CCCN(C)CC3)c2)NN1. The number of carbonyl (C=O) groups is 1. The topological polar surface area (TPSA) is 102 Å². The van der Waals surface area contributed by atoms with Gasteiger partial charge in [0.1, 0.15) is 5.69 Å². The number of nitrogens with one attached hydrogen (secondary N) is 3. The molecule has 3 aromatic rings. The van der Waals surface area contributed by atoms with E-state index in [4.69, 9.17) is 0 Å². The third-order valence-electron chi connectivity index (χ3n) is 6.59. The van der Waals surface area contributed by atoms with Crippen molar-refractivity contribution in [2.24, 2.45) is 0 Å². The highest BCUT2D eigenvalue weighted by molar-refractivity contribution is 6.03. The van der Waals surface area contributed by atoms with Gasteiger partial charge in [-0.25, -0.2) is 0 Å². The first-order valence-corrected chi connectivity index (χ1v) is 12.4. The summed E-state index contributed by atoms with van der Waals surface area (Å²) in [5.41, 5.74) is 9.25. The quantitative estimate of drug-likeness (QED) is 0.450. The van der Waals surface area contributed by atoms with Crippen LogP contribution in [-0.4, -0.2) is 59.0 Å². The normalized spacial score (nSPS) is 16.5. The Hall–Kier alpha value is -4.23. The first-order chi connectivity index (χ1) is 18.7. The lowest BCUT2D eigenvalue weighted by Crippen LogP contribution is -2.36. The number of hydrazine groups is 2. The molecule has 0 saturated carbocycles. The molecule has 1 saturated heterocycles. The number of carbonyl (C=O) groups excluding carboxylic acids is 1. The molecule has 0 unspecified atom stereocenters. The Morgan fingerprint density at radius 2 is 1.90 bits per heavy atom. The second kappa shape index (κ2) is 10.9. The van der Waals surface area contributed by atoms with Gasteiger partial charge < -0.3 is 20.5 Å². The fraction of sp³-hybridized carbons (Fsp3) is 0.308. The average molecular weight is 540 g/mol. The van der Waals surface area contributed by atoms with Crippen LogP contribution in [0.25, 0.3) is 5.70 Å². The second-order valence-corrected chi connectivity index (χ2v) is 9.44. The number of halogens is 3. The summed E-state index contributed by atoms with van der Waals surface area (Å²) in [6, 6.07) is 5.29. The molecule has 1 amide bonds. The fourth-order valence-corrected chi connectivity index (χ4v) is 4.40. The molecular weight excluding hydrogens is 511 g/mol. The van der Waals surface area contributed by atoms with Gasteiger partial charge in [0.15, 0.2) is 0 Å². The van der Waals surface area contributed by atoms with Crippen molar-refractivity contribution in [2.45, 2.75) is 19.5 Å². The largest absolute Gasteiger partial charge is 0.416 e. The van der Waals surface area contributed by atoms with Crippen LogP contribution in [0.5, 0.6) is 0 Å². The Labute approximate surface area is 223 Å². The second-order valence-electron chi connectivity index (χ2n) is 9.44. The van der Waals surface area contributed by atoms with Crippen LogP contribution in [0.3, 0.4) is 0 Å². The van der Waals surface area contributed by atoms with Crippen molar-refractivity contribution in [3.05, 3.63) is 77.8 Å². The Balaban J connectivity index is 1.32. The number of pyridine rings is 3. The molecule has 0 atom stereocenters. The zero-order valence-corrected chi connectivity index (χ0v) is 21.5. The highest BCUT2D eigenvalue weighted by Crippen LogP contribution is 2.30. The van der Waals surface area contributed by atoms with Crippen molar-refractivity contribution >= 4 is 28.7 Å². The van der Waals surface area contributed by atoms with Crippen molar-refractivity contribution in [3.63, 3.8) is 0 Å². The van der Waals surface area contributed by atoms with E-state index in [2.05, 4.69) is 54.1 Å². The molecule has 0 radical (unpaired) electrons. The third-order valence-corrected chi connectivity index (χ3v) is 6.59. The van der Waals surface area contributed by atoms with Gasteiger partial charge in [0, 0.05) is 43.8 Å². The maximum atomic E-state index is 13.0. The van der Waals surface area contributed by atoms with Crippen LogP contribution >= 0.6 is 0 Å². The molecule has 5 rings (SSSR count). The van der Waals surface area contributed by atoms with Crippen LogP contribution in [0.2, 0.25) is 0 Å². The summed E-state index contributed by atoms with van der Waals surface area (Å²) in [6.07, 6.45) is 4.40. The maximum absolute atomic E-state index is 13.0. The predicted octanol–water partition coefficient (Wildman–Crippen LogP) is 3.42. The van der Waals surface area contributed by atoms with Crippen LogP contribution in [-0.2, 0) is 6.18 Å². The summed E-state index contributed by atoms with van der Waals surface area (Å²) in [4.78, 5) is 29.8. The summed E-state index contributed by atoms with van der Waals surface area (Å²) in [5, 5.41) is 4.29. The van der Waals surface area contributed by atoms with Crippen molar-refractivity contribution in [1.82, 2.24) is 30.8 Å². The van der Waals surface area contributed by atoms with E-state index in [1.165, 1.54) is 6.20 Å². The molecule has 1 fully saturated rings. The first-order valence-electron chi connectivity index (χ1n) is 12.4. The van der Waals surface area contributed by atoms with E-state index in [0.717, 1.165) is 61.8 Å². The lowest BCUT2D eigenvalue weighted by atomic mass is 10.2. The summed E-state index contributed by atoms with van der Waals surface area (Å²) in [5.74, 6) is -0.774. The van der Waals surface area contributed by atoms with Crippen LogP contribution in [0.15, 0.2) is 55.3 Å². The average Bonchev–Trinajstić information content (AvgIpc) is 3.31. The summed E-state index contributed by atoms with van der Waals surface area (Å²) < 4.78 is 39.1. The van der Waals surface area contributed by atoms with Crippen LogP contribution in [0.1, 0.15) is 33.7 Å². The molecule has 3 aromatic heterocycles. The summed E-state index contributed by atoms with van der Waals surface area (Å²) in [7, 11) is 2.13. The Kier molecular flexibility index (Phi) is 7.35. The van der Waals surface area contributed by atoms with E-state index in [1.54, 1.807) is 24.2 Å². The number of aryl methyl sites for hydroxylation is 1. The highest BCUT2D eigenvalue weighted by atomic mass is 19.4. The maximum Gasteiger partial charge on any atom is 0.416 e. The molecule has 2 aliphatic rings. The van der Waals surface area contributed by atoms with Gasteiger partial charge in [-0.1, -0.05) is 0 Å². The molecule has 13 heteroatoms. The molecule has 204 valence electrons. The Bertz CT molecular complexity index is 1400. The number of nitrogens with zero attached hydrogens (tertiary/aromatic N) is 6. The van der Waals surface area contributed by atoms with Gasteiger partial charge >= 0.3 is 6.18 Å². The smallest absolute Gasteiger partial charge is 0.369 e. The number of rotatable bonds is 5. The van der Waals surface area contributed by atoms with E-state index < -0.39 is 17.6 Å². The number of likely N-dealkylation sites (N-methyl/N-ethyl adjacent to an activating group) is 1. The standard InChI is InChI=1S/C26H28F3N9O/c1-17-24(12-20(14-32-17)33-25(39)22-11-19(4-5-31-22)26(27,28)29)38-16-23(34-35-38)18-10-21(15-30-13-18)37-7-3-6-36(2)8-9-37/h4-5,10-16,34-35H,3,6-9H2,1-2H3,(H,33,39). The van der Waals surface area contributed by atoms with Crippen molar-refractivity contribution in [1.29, 1.82) is 0 Å². The summed E-state index contributed by atoms with van der Waals surface area (Å²) in [6.45, 7) is 5.76. The van der Waals surface area contributed by atoms with E-state index in [1.807, 2.05) is 12.4 Å². The van der Waals surface area contributed by atoms with Crippen molar-refractivity contribution in [3.8, 4) is 0 Å². The van der Waals surface area contributed by atoms with Crippen molar-refractivity contribution < 1.29 is 18.0 Å². The molecule has 3 N–H and O–H groups in total. The lowest BCUT2D eigenvalue weighted by Gasteiger charge is -2.23. The third kappa shape index (κ3) is 6.10.